The molecule has 0 N–H and O–H groups in total. The average molecular weight is 366 g/mol. The van der Waals surface area contributed by atoms with E-state index in [2.05, 4.69) is 0 Å². The predicted octanol–water partition coefficient (Wildman–Crippen LogP) is 4.23. The van der Waals surface area contributed by atoms with Gasteiger partial charge in [0, 0.05) is 24.1 Å². The van der Waals surface area contributed by atoms with Crippen LogP contribution in [-0.4, -0.2) is 37.2 Å². The van der Waals surface area contributed by atoms with Crippen LogP contribution in [0.2, 0.25) is 4.34 Å². The molecule has 1 saturated heterocycles. The SMILES string of the molecule is CN(Cc1ccc(Cl)s1)C(=O)c1cccc(OCC2CCCO2)c1. The monoisotopic (exact) mass is 365 g/mol. The molecular weight excluding hydrogens is 346 g/mol. The highest BCUT2D eigenvalue weighted by atomic mass is 35.5. The van der Waals surface area contributed by atoms with E-state index in [0.717, 1.165) is 28.7 Å². The summed E-state index contributed by atoms with van der Waals surface area (Å²) in [7, 11) is 1.79. The summed E-state index contributed by atoms with van der Waals surface area (Å²) in [5, 5.41) is 0. The lowest BCUT2D eigenvalue weighted by molar-refractivity contribution is 0.0678. The van der Waals surface area contributed by atoms with Crippen LogP contribution in [0.25, 0.3) is 0 Å². The van der Waals surface area contributed by atoms with E-state index in [1.54, 1.807) is 24.1 Å². The number of hydrogen-bond donors (Lipinski definition) is 0. The highest BCUT2D eigenvalue weighted by Gasteiger charge is 2.17. The van der Waals surface area contributed by atoms with Gasteiger partial charge in [-0.25, -0.2) is 0 Å². The van der Waals surface area contributed by atoms with Crippen molar-refractivity contribution < 1.29 is 14.3 Å². The van der Waals surface area contributed by atoms with E-state index < -0.39 is 0 Å². The molecule has 24 heavy (non-hydrogen) atoms. The van der Waals surface area contributed by atoms with Gasteiger partial charge in [-0.1, -0.05) is 17.7 Å². The van der Waals surface area contributed by atoms with Crippen molar-refractivity contribution in [3.63, 3.8) is 0 Å². The van der Waals surface area contributed by atoms with Gasteiger partial charge in [-0.2, -0.15) is 0 Å². The van der Waals surface area contributed by atoms with Crippen LogP contribution in [0.15, 0.2) is 36.4 Å². The molecule has 0 bridgehead atoms. The second-order valence-corrected chi connectivity index (χ2v) is 7.64. The summed E-state index contributed by atoms with van der Waals surface area (Å²) in [6.07, 6.45) is 2.28. The van der Waals surface area contributed by atoms with Crippen LogP contribution in [-0.2, 0) is 11.3 Å². The molecule has 1 aromatic heterocycles. The molecule has 0 spiro atoms. The van der Waals surface area contributed by atoms with Gasteiger partial charge in [0.15, 0.2) is 0 Å². The molecule has 2 aromatic rings. The second kappa shape index (κ2) is 8.01. The Hall–Kier alpha value is -1.56. The Balaban J connectivity index is 1.60. The molecule has 0 radical (unpaired) electrons. The van der Waals surface area contributed by atoms with E-state index in [1.807, 2.05) is 24.3 Å². The number of ether oxygens (including phenoxy) is 2. The molecule has 4 nitrogen and oxygen atoms in total. The van der Waals surface area contributed by atoms with Crippen molar-refractivity contribution in [1.82, 2.24) is 4.90 Å². The lowest BCUT2D eigenvalue weighted by Gasteiger charge is -2.17. The Morgan fingerprint density at radius 1 is 1.42 bits per heavy atom. The van der Waals surface area contributed by atoms with Crippen molar-refractivity contribution in [2.45, 2.75) is 25.5 Å². The maximum Gasteiger partial charge on any atom is 0.254 e. The smallest absolute Gasteiger partial charge is 0.254 e. The number of amides is 1. The molecule has 1 atom stereocenters. The highest BCUT2D eigenvalue weighted by Crippen LogP contribution is 2.23. The van der Waals surface area contributed by atoms with Crippen molar-refractivity contribution >= 4 is 28.8 Å². The van der Waals surface area contributed by atoms with Crippen LogP contribution in [0, 0.1) is 0 Å². The zero-order valence-electron chi connectivity index (χ0n) is 13.5. The third-order valence-electron chi connectivity index (χ3n) is 3.91. The second-order valence-electron chi connectivity index (χ2n) is 5.84. The fourth-order valence-corrected chi connectivity index (χ4v) is 3.79. The number of benzene rings is 1. The minimum atomic E-state index is -0.0397. The fourth-order valence-electron chi connectivity index (χ4n) is 2.65. The Morgan fingerprint density at radius 3 is 3.00 bits per heavy atom. The first kappa shape index (κ1) is 17.3. The number of thiophene rings is 1. The summed E-state index contributed by atoms with van der Waals surface area (Å²) in [5.74, 6) is 0.658. The molecule has 1 aromatic carbocycles. The number of carbonyl (C=O) groups excluding carboxylic acids is 1. The van der Waals surface area contributed by atoms with Crippen LogP contribution in [0.5, 0.6) is 5.75 Å². The maximum atomic E-state index is 12.6. The van der Waals surface area contributed by atoms with Gasteiger partial charge in [-0.05, 0) is 43.2 Å². The normalized spacial score (nSPS) is 17.0. The Morgan fingerprint density at radius 2 is 2.29 bits per heavy atom. The van der Waals surface area contributed by atoms with Crippen LogP contribution in [0.1, 0.15) is 28.1 Å². The first-order valence-corrected chi connectivity index (χ1v) is 9.15. The van der Waals surface area contributed by atoms with Crippen molar-refractivity contribution in [1.29, 1.82) is 0 Å². The first-order valence-electron chi connectivity index (χ1n) is 7.96. The maximum absolute atomic E-state index is 12.6. The third kappa shape index (κ3) is 4.50. The largest absolute Gasteiger partial charge is 0.491 e. The molecule has 1 amide bonds. The van der Waals surface area contributed by atoms with Crippen LogP contribution in [0.4, 0.5) is 0 Å². The zero-order chi connectivity index (χ0) is 16.9. The molecule has 6 heteroatoms. The number of carbonyl (C=O) groups is 1. The van der Waals surface area contributed by atoms with Gasteiger partial charge in [-0.3, -0.25) is 4.79 Å². The topological polar surface area (TPSA) is 38.8 Å². The number of rotatable bonds is 6. The highest BCUT2D eigenvalue weighted by molar-refractivity contribution is 7.16. The van der Waals surface area contributed by atoms with Crippen LogP contribution < -0.4 is 4.74 Å². The first-order chi connectivity index (χ1) is 11.6. The van der Waals surface area contributed by atoms with Crippen LogP contribution in [0.3, 0.4) is 0 Å². The van der Waals surface area contributed by atoms with E-state index >= 15 is 0 Å². The van der Waals surface area contributed by atoms with Crippen molar-refractivity contribution in [3.8, 4) is 5.75 Å². The standard InChI is InChI=1S/C18H20ClNO3S/c1-20(11-16-7-8-17(19)24-16)18(21)13-4-2-5-14(10-13)23-12-15-6-3-9-22-15/h2,4-5,7-8,10,15H,3,6,9,11-12H2,1H3. The third-order valence-corrected chi connectivity index (χ3v) is 5.13. The molecule has 2 heterocycles. The molecule has 0 saturated carbocycles. The Kier molecular flexibility index (Phi) is 5.76. The van der Waals surface area contributed by atoms with Gasteiger partial charge >= 0.3 is 0 Å². The van der Waals surface area contributed by atoms with Gasteiger partial charge in [0.1, 0.15) is 12.4 Å². The quantitative estimate of drug-likeness (QED) is 0.768. The molecule has 3 rings (SSSR count). The van der Waals surface area contributed by atoms with Crippen molar-refractivity contribution in [2.24, 2.45) is 0 Å². The van der Waals surface area contributed by atoms with E-state index in [4.69, 9.17) is 21.1 Å². The minimum absolute atomic E-state index is 0.0397. The van der Waals surface area contributed by atoms with E-state index in [1.165, 1.54) is 11.3 Å². The molecule has 1 fully saturated rings. The van der Waals surface area contributed by atoms with E-state index in [9.17, 15) is 4.79 Å². The van der Waals surface area contributed by atoms with Gasteiger partial charge in [0.05, 0.1) is 17.0 Å². The predicted molar refractivity (Wildman–Crippen MR) is 96.0 cm³/mol. The Labute approximate surface area is 150 Å². The summed E-state index contributed by atoms with van der Waals surface area (Å²) in [6.45, 7) is 1.88. The van der Waals surface area contributed by atoms with Crippen molar-refractivity contribution in [3.05, 3.63) is 51.2 Å². The molecule has 128 valence electrons. The van der Waals surface area contributed by atoms with Gasteiger partial charge < -0.3 is 14.4 Å². The molecule has 1 aliphatic rings. The molecule has 1 aliphatic heterocycles. The minimum Gasteiger partial charge on any atom is -0.491 e. The number of nitrogens with zero attached hydrogens (tertiary/aromatic N) is 1. The summed E-state index contributed by atoms with van der Waals surface area (Å²) >= 11 is 7.43. The van der Waals surface area contributed by atoms with E-state index in [-0.39, 0.29) is 12.0 Å². The van der Waals surface area contributed by atoms with Gasteiger partial charge in [0.25, 0.3) is 5.91 Å². The number of halogens is 1. The summed E-state index contributed by atoms with van der Waals surface area (Å²) in [6, 6.07) is 11.1. The van der Waals surface area contributed by atoms with Gasteiger partial charge in [-0.15, -0.1) is 11.3 Å². The lowest BCUT2D eigenvalue weighted by Crippen LogP contribution is -2.25. The zero-order valence-corrected chi connectivity index (χ0v) is 15.1. The number of hydrogen-bond acceptors (Lipinski definition) is 4. The molecule has 1 unspecified atom stereocenters. The molecule has 0 aliphatic carbocycles. The fraction of sp³-hybridized carbons (Fsp3) is 0.389. The van der Waals surface area contributed by atoms with Gasteiger partial charge in [0.2, 0.25) is 0 Å². The summed E-state index contributed by atoms with van der Waals surface area (Å²) < 4.78 is 12.1. The van der Waals surface area contributed by atoms with Crippen molar-refractivity contribution in [2.75, 3.05) is 20.3 Å². The summed E-state index contributed by atoms with van der Waals surface area (Å²) in [4.78, 5) is 15.3. The molecular formula is C18H20ClNO3S. The Bertz CT molecular complexity index is 697. The lowest BCUT2D eigenvalue weighted by atomic mass is 10.2. The average Bonchev–Trinajstić information content (AvgIpc) is 3.24. The summed E-state index contributed by atoms with van der Waals surface area (Å²) in [5.41, 5.74) is 0.616. The van der Waals surface area contributed by atoms with Crippen LogP contribution >= 0.6 is 22.9 Å². The van der Waals surface area contributed by atoms with E-state index in [0.29, 0.717) is 24.5 Å².